The van der Waals surface area contributed by atoms with Gasteiger partial charge in [0.05, 0.1) is 39.3 Å². The highest BCUT2D eigenvalue weighted by Crippen LogP contribution is 2.36. The Kier molecular flexibility index (Phi) is 14.3. The molecule has 2 aliphatic heterocycles. The largest absolute Gasteiger partial charge is 0.378 e. The minimum Gasteiger partial charge on any atom is -0.378 e. The number of ether oxygens (including phenoxy) is 2. The lowest BCUT2D eigenvalue weighted by atomic mass is 9.87. The van der Waals surface area contributed by atoms with Crippen LogP contribution in [0.4, 0.5) is 0 Å². The van der Waals surface area contributed by atoms with Crippen molar-refractivity contribution < 1.29 is 19.1 Å². The average molecular weight is 774 g/mol. The van der Waals surface area contributed by atoms with Gasteiger partial charge in [0.1, 0.15) is 0 Å². The van der Waals surface area contributed by atoms with Crippen molar-refractivity contribution in [1.29, 1.82) is 0 Å². The van der Waals surface area contributed by atoms with E-state index < -0.39 is 0 Å². The molecule has 6 rings (SSSR count). The molecule has 4 heterocycles. The molecular weight excluding hydrogens is 711 g/mol. The summed E-state index contributed by atoms with van der Waals surface area (Å²) in [5, 5.41) is 3.91. The summed E-state index contributed by atoms with van der Waals surface area (Å²) in [5.41, 5.74) is 15.0. The van der Waals surface area contributed by atoms with Crippen molar-refractivity contribution in [3.05, 3.63) is 105 Å². The molecule has 9 nitrogen and oxygen atoms in total. The molecule has 57 heavy (non-hydrogen) atoms. The second-order valence-corrected chi connectivity index (χ2v) is 16.8. The van der Waals surface area contributed by atoms with E-state index in [0.29, 0.717) is 77.5 Å². The first-order valence-electron chi connectivity index (χ1n) is 21.0. The summed E-state index contributed by atoms with van der Waals surface area (Å²) in [4.78, 5) is 42.1. The van der Waals surface area contributed by atoms with Crippen LogP contribution in [0.25, 0.3) is 22.3 Å². The molecule has 2 amide bonds. The number of pyridine rings is 2. The third-order valence-electron chi connectivity index (χ3n) is 11.3. The molecule has 4 aromatic rings. The Labute approximate surface area is 340 Å². The number of nitrogens with one attached hydrogen (secondary N) is 1. The summed E-state index contributed by atoms with van der Waals surface area (Å²) in [5.74, 6) is 0.998. The first-order chi connectivity index (χ1) is 27.4. The molecule has 2 saturated heterocycles. The number of morpholine rings is 2. The van der Waals surface area contributed by atoms with E-state index in [1.807, 2.05) is 9.80 Å². The molecule has 2 fully saturated rings. The SMILES string of the molecule is Cc1ccc(-c2c(CC(=O)N3CCOCC3)c(C)nc(CC(C)C)c2CNCc2c(CC(C)C)nc(C)c(CC(=O)N3CCOCC3)c2-c2ccc(C)cc2)cc1. The van der Waals surface area contributed by atoms with E-state index in [1.54, 1.807) is 0 Å². The van der Waals surface area contributed by atoms with Crippen LogP contribution in [-0.2, 0) is 57.8 Å². The third kappa shape index (κ3) is 10.6. The summed E-state index contributed by atoms with van der Waals surface area (Å²) in [6.45, 7) is 23.1. The zero-order valence-corrected chi connectivity index (χ0v) is 35.6. The summed E-state index contributed by atoms with van der Waals surface area (Å²) < 4.78 is 11.1. The van der Waals surface area contributed by atoms with E-state index in [9.17, 15) is 9.59 Å². The smallest absolute Gasteiger partial charge is 0.227 e. The second-order valence-electron chi connectivity index (χ2n) is 16.8. The van der Waals surface area contributed by atoms with Crippen LogP contribution in [-0.4, -0.2) is 84.2 Å². The molecule has 0 bridgehead atoms. The number of carbonyl (C=O) groups is 2. The molecule has 0 aliphatic carbocycles. The molecule has 2 aliphatic rings. The molecule has 2 aromatic heterocycles. The van der Waals surface area contributed by atoms with Crippen LogP contribution in [0.5, 0.6) is 0 Å². The fourth-order valence-electron chi connectivity index (χ4n) is 8.22. The highest BCUT2D eigenvalue weighted by molar-refractivity contribution is 5.85. The Morgan fingerprint density at radius 2 is 0.930 bits per heavy atom. The fraction of sp³-hybridized carbons (Fsp3) is 0.500. The van der Waals surface area contributed by atoms with Crippen molar-refractivity contribution in [1.82, 2.24) is 25.1 Å². The van der Waals surface area contributed by atoms with Crippen molar-refractivity contribution in [3.8, 4) is 22.3 Å². The van der Waals surface area contributed by atoms with Crippen LogP contribution in [0.2, 0.25) is 0 Å². The van der Waals surface area contributed by atoms with Gasteiger partial charge in [-0.25, -0.2) is 0 Å². The van der Waals surface area contributed by atoms with Gasteiger partial charge in [-0.2, -0.15) is 0 Å². The van der Waals surface area contributed by atoms with E-state index in [4.69, 9.17) is 19.4 Å². The van der Waals surface area contributed by atoms with E-state index in [1.165, 1.54) is 11.1 Å². The topological polar surface area (TPSA) is 96.9 Å². The Hall–Kier alpha value is -4.44. The molecule has 1 N–H and O–H groups in total. The Bertz CT molecular complexity index is 1870. The van der Waals surface area contributed by atoms with Gasteiger partial charge in [-0.1, -0.05) is 87.4 Å². The molecule has 2 aromatic carbocycles. The number of aromatic nitrogens is 2. The number of hydrogen-bond donors (Lipinski definition) is 1. The van der Waals surface area contributed by atoms with Crippen LogP contribution in [0.3, 0.4) is 0 Å². The first kappa shape index (κ1) is 42.2. The van der Waals surface area contributed by atoms with E-state index >= 15 is 0 Å². The average Bonchev–Trinajstić information content (AvgIpc) is 3.19. The van der Waals surface area contributed by atoms with E-state index in [2.05, 4.69) is 109 Å². The van der Waals surface area contributed by atoms with Crippen LogP contribution in [0.1, 0.15) is 83.9 Å². The standard InChI is InChI=1S/C48H63N5O4/c1-31(2)25-43-41(47(37-13-9-33(5)10-14-37)39(35(7)50-43)27-45(54)52-17-21-56-22-18-52)29-49-30-42-44(26-32(3)4)51-36(8)40(28-46(55)53-19-23-57-24-20-53)48(42)38-15-11-34(6)12-16-38/h9-16,31-32,49H,17-30H2,1-8H3. The highest BCUT2D eigenvalue weighted by atomic mass is 16.5. The van der Waals surface area contributed by atoms with Gasteiger partial charge >= 0.3 is 0 Å². The first-order valence-corrected chi connectivity index (χ1v) is 21.0. The fourth-order valence-corrected chi connectivity index (χ4v) is 8.22. The van der Waals surface area contributed by atoms with Gasteiger partial charge in [-0.15, -0.1) is 0 Å². The van der Waals surface area contributed by atoms with Crippen LogP contribution in [0.15, 0.2) is 48.5 Å². The van der Waals surface area contributed by atoms with E-state index in [-0.39, 0.29) is 24.7 Å². The predicted molar refractivity (Wildman–Crippen MR) is 228 cm³/mol. The molecule has 0 radical (unpaired) electrons. The van der Waals surface area contributed by atoms with Gasteiger partial charge in [0, 0.05) is 62.0 Å². The number of aryl methyl sites for hydroxylation is 4. The second kappa shape index (κ2) is 19.3. The highest BCUT2D eigenvalue weighted by Gasteiger charge is 2.27. The monoisotopic (exact) mass is 773 g/mol. The van der Waals surface area contributed by atoms with Crippen molar-refractivity contribution >= 4 is 11.8 Å². The normalized spacial score (nSPS) is 14.8. The van der Waals surface area contributed by atoms with Gasteiger partial charge in [0.15, 0.2) is 0 Å². The molecule has 0 spiro atoms. The molecule has 304 valence electrons. The van der Waals surface area contributed by atoms with Crippen LogP contribution < -0.4 is 5.32 Å². The lowest BCUT2D eigenvalue weighted by Gasteiger charge is -2.29. The van der Waals surface area contributed by atoms with Gasteiger partial charge in [-0.05, 0) is 96.9 Å². The van der Waals surface area contributed by atoms with Gasteiger partial charge < -0.3 is 24.6 Å². The maximum absolute atomic E-state index is 13.9. The summed E-state index contributed by atoms with van der Waals surface area (Å²) in [6.07, 6.45) is 2.22. The lowest BCUT2D eigenvalue weighted by Crippen LogP contribution is -2.41. The number of benzene rings is 2. The Morgan fingerprint density at radius 1 is 0.579 bits per heavy atom. The summed E-state index contributed by atoms with van der Waals surface area (Å²) in [7, 11) is 0. The quantitative estimate of drug-likeness (QED) is 0.142. The summed E-state index contributed by atoms with van der Waals surface area (Å²) in [6, 6.07) is 17.4. The maximum Gasteiger partial charge on any atom is 0.227 e. The van der Waals surface area contributed by atoms with E-state index in [0.717, 1.165) is 80.1 Å². The lowest BCUT2D eigenvalue weighted by molar-refractivity contribution is -0.135. The minimum absolute atomic E-state index is 0.109. The number of hydrogen-bond acceptors (Lipinski definition) is 7. The number of nitrogens with zero attached hydrogens (tertiary/aromatic N) is 4. The Morgan fingerprint density at radius 3 is 1.26 bits per heavy atom. The molecule has 0 saturated carbocycles. The summed E-state index contributed by atoms with van der Waals surface area (Å²) >= 11 is 0. The van der Waals surface area contributed by atoms with Crippen molar-refractivity contribution in [2.75, 3.05) is 52.6 Å². The van der Waals surface area contributed by atoms with Crippen molar-refractivity contribution in [2.45, 2.75) is 94.2 Å². The minimum atomic E-state index is 0.109. The number of rotatable bonds is 14. The molecule has 9 heteroatoms. The van der Waals surface area contributed by atoms with Gasteiger partial charge in [-0.3, -0.25) is 19.6 Å². The van der Waals surface area contributed by atoms with Crippen molar-refractivity contribution in [3.63, 3.8) is 0 Å². The zero-order valence-electron chi connectivity index (χ0n) is 35.6. The zero-order chi connectivity index (χ0) is 40.6. The Balaban J connectivity index is 1.45. The predicted octanol–water partition coefficient (Wildman–Crippen LogP) is 7.53. The number of amides is 2. The molecular formula is C48H63N5O4. The van der Waals surface area contributed by atoms with Crippen LogP contribution >= 0.6 is 0 Å². The molecule has 0 atom stereocenters. The molecule has 0 unspecified atom stereocenters. The maximum atomic E-state index is 13.9. The van der Waals surface area contributed by atoms with Crippen molar-refractivity contribution in [2.24, 2.45) is 11.8 Å². The number of carbonyl (C=O) groups excluding carboxylic acids is 2. The third-order valence-corrected chi connectivity index (χ3v) is 11.3. The van der Waals surface area contributed by atoms with Crippen LogP contribution in [0, 0.1) is 39.5 Å². The van der Waals surface area contributed by atoms with Gasteiger partial charge in [0.2, 0.25) is 11.8 Å². The van der Waals surface area contributed by atoms with Gasteiger partial charge in [0.25, 0.3) is 0 Å².